The molecular weight excluding hydrogens is 249 g/mol. The van der Waals surface area contributed by atoms with E-state index in [2.05, 4.69) is 69.6 Å². The van der Waals surface area contributed by atoms with Crippen LogP contribution in [0.2, 0.25) is 0 Å². The lowest BCUT2D eigenvalue weighted by Crippen LogP contribution is -2.23. The van der Waals surface area contributed by atoms with Crippen molar-refractivity contribution in [3.63, 3.8) is 0 Å². The predicted molar refractivity (Wildman–Crippen MR) is 90.7 cm³/mol. The standard InChI is InChI=1S/C17H24NP/c1-12-8-9-13-15(18-12)11-10-14(17(2,3)4)16(13)19(5,6)7/h8-11H,5H2,1-4,6-7H3. The Morgan fingerprint density at radius 3 is 2.21 bits per heavy atom. The fourth-order valence-corrected chi connectivity index (χ4v) is 4.45. The van der Waals surface area contributed by atoms with Gasteiger partial charge in [0.15, 0.2) is 0 Å². The van der Waals surface area contributed by atoms with Gasteiger partial charge in [0.25, 0.3) is 0 Å². The second kappa shape index (κ2) is 4.49. The molecule has 0 radical (unpaired) electrons. The Bertz CT molecular complexity index is 671. The number of pyridine rings is 1. The van der Waals surface area contributed by atoms with Gasteiger partial charge in [-0.2, -0.15) is 0 Å². The smallest absolute Gasteiger partial charge is 0.0711 e. The fourth-order valence-electron chi connectivity index (χ4n) is 2.55. The zero-order chi connectivity index (χ0) is 14.4. The summed E-state index contributed by atoms with van der Waals surface area (Å²) in [6.07, 6.45) is 4.47. The van der Waals surface area contributed by atoms with E-state index < -0.39 is 6.89 Å². The molecule has 0 N–H and O–H groups in total. The van der Waals surface area contributed by atoms with Crippen LogP contribution in [-0.2, 0) is 5.41 Å². The van der Waals surface area contributed by atoms with Crippen LogP contribution in [0.15, 0.2) is 24.3 Å². The largest absolute Gasteiger partial charge is 0.253 e. The van der Waals surface area contributed by atoms with Crippen LogP contribution in [0.3, 0.4) is 0 Å². The minimum absolute atomic E-state index is 0.142. The molecule has 2 aromatic rings. The number of rotatable bonds is 1. The van der Waals surface area contributed by atoms with Crippen LogP contribution in [-0.4, -0.2) is 24.6 Å². The molecule has 0 atom stereocenters. The maximum Gasteiger partial charge on any atom is 0.0711 e. The van der Waals surface area contributed by atoms with Gasteiger partial charge in [-0.05, 0) is 48.7 Å². The van der Waals surface area contributed by atoms with E-state index in [0.717, 1.165) is 11.2 Å². The molecule has 0 unspecified atom stereocenters. The van der Waals surface area contributed by atoms with Crippen molar-refractivity contribution < 1.29 is 0 Å². The van der Waals surface area contributed by atoms with E-state index in [0.29, 0.717) is 0 Å². The van der Waals surface area contributed by atoms with Gasteiger partial charge >= 0.3 is 0 Å². The zero-order valence-corrected chi connectivity index (χ0v) is 13.8. The monoisotopic (exact) mass is 273 g/mol. The van der Waals surface area contributed by atoms with Gasteiger partial charge in [-0.25, -0.2) is 0 Å². The van der Waals surface area contributed by atoms with E-state index in [9.17, 15) is 0 Å². The Morgan fingerprint density at radius 2 is 1.68 bits per heavy atom. The van der Waals surface area contributed by atoms with Gasteiger partial charge < -0.3 is 0 Å². The summed E-state index contributed by atoms with van der Waals surface area (Å²) < 4.78 is 0. The lowest BCUT2D eigenvalue weighted by molar-refractivity contribution is 0.595. The maximum atomic E-state index is 4.66. The predicted octanol–water partition coefficient (Wildman–Crippen LogP) is 4.18. The van der Waals surface area contributed by atoms with Crippen LogP contribution in [0, 0.1) is 6.92 Å². The van der Waals surface area contributed by atoms with Gasteiger partial charge in [-0.3, -0.25) is 4.98 Å². The molecule has 1 nitrogen and oxygen atoms in total. The third-order valence-electron chi connectivity index (χ3n) is 3.40. The molecule has 2 heteroatoms. The quantitative estimate of drug-likeness (QED) is 0.710. The Morgan fingerprint density at radius 1 is 1.05 bits per heavy atom. The summed E-state index contributed by atoms with van der Waals surface area (Å²) in [7, 11) is 0. The van der Waals surface area contributed by atoms with Crippen molar-refractivity contribution in [1.29, 1.82) is 0 Å². The summed E-state index contributed by atoms with van der Waals surface area (Å²) in [5.74, 6) is 0. The topological polar surface area (TPSA) is 12.9 Å². The number of nitrogens with zero attached hydrogens (tertiary/aromatic N) is 1. The summed E-state index contributed by atoms with van der Waals surface area (Å²) in [6.45, 7) is 12.1. The second-order valence-electron chi connectivity index (χ2n) is 6.92. The average Bonchev–Trinajstić information content (AvgIpc) is 2.24. The second-order valence-corrected chi connectivity index (χ2v) is 10.7. The Labute approximate surface area is 117 Å². The molecule has 0 amide bonds. The van der Waals surface area contributed by atoms with Crippen molar-refractivity contribution in [2.45, 2.75) is 33.1 Å². The number of aryl methyl sites for hydroxylation is 1. The molecule has 0 spiro atoms. The van der Waals surface area contributed by atoms with Crippen LogP contribution in [0.1, 0.15) is 32.0 Å². The number of hydrogen-bond acceptors (Lipinski definition) is 1. The molecule has 0 saturated carbocycles. The first-order valence-electron chi connectivity index (χ1n) is 6.70. The van der Waals surface area contributed by atoms with Crippen molar-refractivity contribution in [3.8, 4) is 0 Å². The number of fused-ring (bicyclic) bond motifs is 1. The molecule has 19 heavy (non-hydrogen) atoms. The average molecular weight is 273 g/mol. The summed E-state index contributed by atoms with van der Waals surface area (Å²) in [5.41, 5.74) is 3.73. The van der Waals surface area contributed by atoms with E-state index in [4.69, 9.17) is 0 Å². The summed E-state index contributed by atoms with van der Waals surface area (Å²) in [6, 6.07) is 8.72. The number of hydrogen-bond donors (Lipinski definition) is 0. The molecule has 0 bridgehead atoms. The van der Waals surface area contributed by atoms with Crippen molar-refractivity contribution >= 4 is 29.4 Å². The first kappa shape index (κ1) is 14.3. The molecule has 0 fully saturated rings. The van der Waals surface area contributed by atoms with Gasteiger partial charge in [0, 0.05) is 11.1 Å². The minimum Gasteiger partial charge on any atom is -0.253 e. The highest BCUT2D eigenvalue weighted by Gasteiger charge is 2.23. The van der Waals surface area contributed by atoms with Crippen molar-refractivity contribution in [3.05, 3.63) is 35.5 Å². The lowest BCUT2D eigenvalue weighted by Gasteiger charge is -2.28. The Hall–Kier alpha value is -1.07. The lowest BCUT2D eigenvalue weighted by atomic mass is 9.86. The first-order valence-corrected chi connectivity index (χ1v) is 9.57. The molecule has 1 aromatic carbocycles. The molecule has 102 valence electrons. The van der Waals surface area contributed by atoms with Crippen LogP contribution < -0.4 is 5.30 Å². The molecule has 1 aromatic heterocycles. The third-order valence-corrected chi connectivity index (χ3v) is 5.09. The highest BCUT2D eigenvalue weighted by molar-refractivity contribution is 7.79. The summed E-state index contributed by atoms with van der Waals surface area (Å²) in [4.78, 5) is 4.66. The molecule has 0 saturated heterocycles. The maximum absolute atomic E-state index is 4.66. The molecule has 0 aliphatic rings. The highest BCUT2D eigenvalue weighted by Crippen LogP contribution is 2.41. The van der Waals surface area contributed by atoms with Gasteiger partial charge in [0.2, 0.25) is 0 Å². The highest BCUT2D eigenvalue weighted by atomic mass is 31.2. The molecular formula is C17H24NP. The molecule has 1 heterocycles. The number of aromatic nitrogens is 1. The van der Waals surface area contributed by atoms with Crippen LogP contribution >= 0.6 is 6.89 Å². The number of benzene rings is 1. The van der Waals surface area contributed by atoms with E-state index in [1.165, 1.54) is 16.3 Å². The SMILES string of the molecule is C=P(C)(C)c1c(C(C)(C)C)ccc2nc(C)ccc12. The van der Waals surface area contributed by atoms with E-state index >= 15 is 0 Å². The summed E-state index contributed by atoms with van der Waals surface area (Å²) >= 11 is 0. The van der Waals surface area contributed by atoms with Gasteiger partial charge in [0.1, 0.15) is 0 Å². The van der Waals surface area contributed by atoms with Crippen molar-refractivity contribution in [2.75, 3.05) is 13.3 Å². The zero-order valence-electron chi connectivity index (χ0n) is 12.9. The Balaban J connectivity index is 2.94. The molecule has 2 rings (SSSR count). The van der Waals surface area contributed by atoms with Gasteiger partial charge in [-0.15, -0.1) is 0 Å². The summed E-state index contributed by atoms with van der Waals surface area (Å²) in [5, 5.41) is 2.72. The van der Waals surface area contributed by atoms with E-state index in [-0.39, 0.29) is 5.41 Å². The molecule has 0 aliphatic carbocycles. The Kier molecular flexibility index (Phi) is 3.39. The third kappa shape index (κ3) is 2.77. The van der Waals surface area contributed by atoms with Crippen LogP contribution in [0.5, 0.6) is 0 Å². The van der Waals surface area contributed by atoms with Crippen LogP contribution in [0.4, 0.5) is 0 Å². The van der Waals surface area contributed by atoms with Crippen LogP contribution in [0.25, 0.3) is 10.9 Å². The normalized spacial score (nSPS) is 12.9. The van der Waals surface area contributed by atoms with Crippen molar-refractivity contribution in [2.24, 2.45) is 0 Å². The van der Waals surface area contributed by atoms with Crippen molar-refractivity contribution in [1.82, 2.24) is 4.98 Å². The van der Waals surface area contributed by atoms with E-state index in [1.807, 2.05) is 6.92 Å². The first-order chi connectivity index (χ1) is 8.60. The molecule has 0 aliphatic heterocycles. The van der Waals surface area contributed by atoms with E-state index in [1.54, 1.807) is 0 Å². The fraction of sp³-hybridized carbons (Fsp3) is 0.412. The minimum atomic E-state index is -1.35. The van der Waals surface area contributed by atoms with Gasteiger partial charge in [0.05, 0.1) is 5.52 Å². The van der Waals surface area contributed by atoms with Gasteiger partial charge in [-0.1, -0.05) is 46.1 Å².